The number of aliphatic hydroxyl groups excluding tert-OH is 1. The standard InChI is InChI=1S/C16H18O4/c1-19-12-15(16(18)20-2)14(11-17)10-6-9-13-7-4-3-5-8-13/h3-10,12,17H,11H2,1-2H3. The molecule has 4 nitrogen and oxygen atoms in total. The monoisotopic (exact) mass is 274 g/mol. The molecule has 0 aliphatic rings. The third-order valence-corrected chi connectivity index (χ3v) is 2.54. The van der Waals surface area contributed by atoms with E-state index >= 15 is 0 Å². The van der Waals surface area contributed by atoms with Crippen LogP contribution in [0.3, 0.4) is 0 Å². The highest BCUT2D eigenvalue weighted by Gasteiger charge is 2.14. The SMILES string of the molecule is COC=C(C(=O)OC)C(=CC=Cc1ccccc1)CO. The maximum atomic E-state index is 11.6. The van der Waals surface area contributed by atoms with E-state index in [-0.39, 0.29) is 12.2 Å². The van der Waals surface area contributed by atoms with Gasteiger partial charge in [-0.15, -0.1) is 0 Å². The molecule has 0 saturated heterocycles. The van der Waals surface area contributed by atoms with Crippen LogP contribution in [-0.2, 0) is 14.3 Å². The Bertz CT molecular complexity index is 513. The van der Waals surface area contributed by atoms with Gasteiger partial charge in [0.1, 0.15) is 0 Å². The van der Waals surface area contributed by atoms with Gasteiger partial charge in [0.25, 0.3) is 0 Å². The fraction of sp³-hybridized carbons (Fsp3) is 0.188. The lowest BCUT2D eigenvalue weighted by molar-refractivity contribution is -0.136. The molecular weight excluding hydrogens is 256 g/mol. The second kappa shape index (κ2) is 8.72. The van der Waals surface area contributed by atoms with E-state index in [1.807, 2.05) is 36.4 Å². The van der Waals surface area contributed by atoms with Crippen molar-refractivity contribution >= 4 is 12.0 Å². The largest absolute Gasteiger partial charge is 0.503 e. The van der Waals surface area contributed by atoms with Crippen molar-refractivity contribution < 1.29 is 19.4 Å². The molecule has 0 saturated carbocycles. The quantitative estimate of drug-likeness (QED) is 0.374. The van der Waals surface area contributed by atoms with Crippen molar-refractivity contribution in [1.82, 2.24) is 0 Å². The third kappa shape index (κ3) is 4.74. The number of rotatable bonds is 6. The summed E-state index contributed by atoms with van der Waals surface area (Å²) in [6.07, 6.45) is 6.53. The Morgan fingerprint density at radius 3 is 2.50 bits per heavy atom. The summed E-state index contributed by atoms with van der Waals surface area (Å²) in [6, 6.07) is 9.70. The molecule has 0 amide bonds. The topological polar surface area (TPSA) is 55.8 Å². The minimum atomic E-state index is -0.555. The summed E-state index contributed by atoms with van der Waals surface area (Å²) in [6.45, 7) is -0.288. The van der Waals surface area contributed by atoms with Gasteiger partial charge in [-0.05, 0) is 11.1 Å². The van der Waals surface area contributed by atoms with E-state index in [1.165, 1.54) is 20.5 Å². The molecule has 0 aliphatic heterocycles. The number of carbonyl (C=O) groups is 1. The fourth-order valence-corrected chi connectivity index (χ4v) is 1.55. The average molecular weight is 274 g/mol. The Kier molecular flexibility index (Phi) is 6.85. The van der Waals surface area contributed by atoms with Crippen molar-refractivity contribution in [3.63, 3.8) is 0 Å². The number of ether oxygens (including phenoxy) is 2. The minimum absolute atomic E-state index is 0.190. The van der Waals surface area contributed by atoms with Crippen LogP contribution in [0.15, 0.2) is 59.9 Å². The highest BCUT2D eigenvalue weighted by atomic mass is 16.5. The molecular formula is C16H18O4. The first-order valence-corrected chi connectivity index (χ1v) is 6.07. The molecule has 0 atom stereocenters. The lowest BCUT2D eigenvalue weighted by Crippen LogP contribution is -2.10. The molecule has 1 aromatic carbocycles. The zero-order chi connectivity index (χ0) is 14.8. The Morgan fingerprint density at radius 2 is 1.95 bits per heavy atom. The van der Waals surface area contributed by atoms with Gasteiger partial charge in [0.05, 0.1) is 32.7 Å². The molecule has 0 unspecified atom stereocenters. The lowest BCUT2D eigenvalue weighted by atomic mass is 10.1. The summed E-state index contributed by atoms with van der Waals surface area (Å²) in [5.74, 6) is -0.555. The van der Waals surface area contributed by atoms with Crippen LogP contribution < -0.4 is 0 Å². The first kappa shape index (κ1) is 15.7. The van der Waals surface area contributed by atoms with Crippen LogP contribution in [0.4, 0.5) is 0 Å². The van der Waals surface area contributed by atoms with E-state index in [9.17, 15) is 9.90 Å². The summed E-state index contributed by atoms with van der Waals surface area (Å²) in [5.41, 5.74) is 1.64. The number of hydrogen-bond donors (Lipinski definition) is 1. The van der Waals surface area contributed by atoms with E-state index < -0.39 is 5.97 Å². The predicted molar refractivity (Wildman–Crippen MR) is 77.8 cm³/mol. The number of esters is 1. The summed E-state index contributed by atoms with van der Waals surface area (Å²) < 4.78 is 9.48. The van der Waals surface area contributed by atoms with Crippen LogP contribution in [0.1, 0.15) is 5.56 Å². The van der Waals surface area contributed by atoms with Crippen molar-refractivity contribution in [3.05, 3.63) is 65.5 Å². The number of benzene rings is 1. The molecule has 20 heavy (non-hydrogen) atoms. The number of carbonyl (C=O) groups excluding carboxylic acids is 1. The van der Waals surface area contributed by atoms with E-state index in [0.717, 1.165) is 5.56 Å². The van der Waals surface area contributed by atoms with Crippen molar-refractivity contribution in [1.29, 1.82) is 0 Å². The summed E-state index contributed by atoms with van der Waals surface area (Å²) in [7, 11) is 2.71. The molecule has 1 N–H and O–H groups in total. The average Bonchev–Trinajstić information content (AvgIpc) is 2.50. The van der Waals surface area contributed by atoms with Crippen molar-refractivity contribution in [2.45, 2.75) is 0 Å². The molecule has 0 fully saturated rings. The molecule has 0 aromatic heterocycles. The second-order valence-corrected chi connectivity index (χ2v) is 3.88. The van der Waals surface area contributed by atoms with Crippen molar-refractivity contribution in [3.8, 4) is 0 Å². The van der Waals surface area contributed by atoms with Gasteiger partial charge >= 0.3 is 5.97 Å². The first-order valence-electron chi connectivity index (χ1n) is 6.07. The maximum absolute atomic E-state index is 11.6. The maximum Gasteiger partial charge on any atom is 0.341 e. The van der Waals surface area contributed by atoms with Crippen LogP contribution in [0.25, 0.3) is 6.08 Å². The molecule has 0 bridgehead atoms. The Balaban J connectivity index is 2.93. The molecule has 0 heterocycles. The third-order valence-electron chi connectivity index (χ3n) is 2.54. The van der Waals surface area contributed by atoms with Gasteiger partial charge in [-0.3, -0.25) is 0 Å². The van der Waals surface area contributed by atoms with Crippen LogP contribution in [0.2, 0.25) is 0 Å². The fourth-order valence-electron chi connectivity index (χ4n) is 1.55. The Labute approximate surface area is 118 Å². The highest BCUT2D eigenvalue weighted by Crippen LogP contribution is 2.12. The summed E-state index contributed by atoms with van der Waals surface area (Å²) in [4.78, 5) is 11.6. The molecule has 0 aliphatic carbocycles. The van der Waals surface area contributed by atoms with E-state index in [4.69, 9.17) is 4.74 Å². The van der Waals surface area contributed by atoms with Gasteiger partial charge in [-0.1, -0.05) is 48.6 Å². The molecule has 0 radical (unpaired) electrons. The minimum Gasteiger partial charge on any atom is -0.503 e. The van der Waals surface area contributed by atoms with Gasteiger partial charge in [0.15, 0.2) is 0 Å². The zero-order valence-electron chi connectivity index (χ0n) is 11.6. The van der Waals surface area contributed by atoms with Gasteiger partial charge in [-0.25, -0.2) is 4.79 Å². The summed E-state index contributed by atoms with van der Waals surface area (Å²) in [5, 5.41) is 9.36. The molecule has 1 aromatic rings. The van der Waals surface area contributed by atoms with Gasteiger partial charge in [0.2, 0.25) is 0 Å². The van der Waals surface area contributed by atoms with Gasteiger partial charge < -0.3 is 14.6 Å². The van der Waals surface area contributed by atoms with Crippen LogP contribution in [0.5, 0.6) is 0 Å². The van der Waals surface area contributed by atoms with E-state index in [1.54, 1.807) is 12.2 Å². The molecule has 4 heteroatoms. The summed E-state index contributed by atoms with van der Waals surface area (Å²) >= 11 is 0. The van der Waals surface area contributed by atoms with Crippen LogP contribution in [0, 0.1) is 0 Å². The highest BCUT2D eigenvalue weighted by molar-refractivity contribution is 5.93. The number of allylic oxidation sites excluding steroid dienone is 2. The van der Waals surface area contributed by atoms with Crippen LogP contribution in [-0.4, -0.2) is 31.9 Å². The molecule has 0 spiro atoms. The van der Waals surface area contributed by atoms with E-state index in [2.05, 4.69) is 4.74 Å². The molecule has 1 rings (SSSR count). The van der Waals surface area contributed by atoms with Crippen molar-refractivity contribution in [2.75, 3.05) is 20.8 Å². The lowest BCUT2D eigenvalue weighted by Gasteiger charge is -2.06. The number of aliphatic hydroxyl groups is 1. The second-order valence-electron chi connectivity index (χ2n) is 3.88. The first-order chi connectivity index (χ1) is 9.72. The smallest absolute Gasteiger partial charge is 0.341 e. The molecule has 106 valence electrons. The number of methoxy groups -OCH3 is 2. The normalized spacial score (nSPS) is 12.6. The van der Waals surface area contributed by atoms with Gasteiger partial charge in [0, 0.05) is 0 Å². The number of hydrogen-bond acceptors (Lipinski definition) is 4. The predicted octanol–water partition coefficient (Wildman–Crippen LogP) is 2.32. The van der Waals surface area contributed by atoms with E-state index in [0.29, 0.717) is 5.57 Å². The van der Waals surface area contributed by atoms with Crippen LogP contribution >= 0.6 is 0 Å². The van der Waals surface area contributed by atoms with Gasteiger partial charge in [-0.2, -0.15) is 0 Å². The Hall–Kier alpha value is -2.33. The zero-order valence-corrected chi connectivity index (χ0v) is 11.6. The van der Waals surface area contributed by atoms with Crippen molar-refractivity contribution in [2.24, 2.45) is 0 Å². The Morgan fingerprint density at radius 1 is 1.25 bits per heavy atom.